The van der Waals surface area contributed by atoms with Crippen LogP contribution >= 0.6 is 0 Å². The Bertz CT molecular complexity index is 652. The van der Waals surface area contributed by atoms with Gasteiger partial charge in [0.1, 0.15) is 0 Å². The summed E-state index contributed by atoms with van der Waals surface area (Å²) in [4.78, 5) is 13.0. The Balaban J connectivity index is 1.74. The van der Waals surface area contributed by atoms with E-state index in [1.165, 1.54) is 0 Å². The van der Waals surface area contributed by atoms with Gasteiger partial charge in [0.25, 0.3) is 0 Å². The Kier molecular flexibility index (Phi) is 5.21. The minimum Gasteiger partial charge on any atom is -0.410 e. The van der Waals surface area contributed by atoms with Gasteiger partial charge in [-0.15, -0.1) is 0 Å². The molecule has 3 rings (SSSR count). The second-order valence-electron chi connectivity index (χ2n) is 9.28. The molecule has 0 aliphatic carbocycles. The highest BCUT2D eigenvalue weighted by Gasteiger charge is 2.65. The van der Waals surface area contributed by atoms with Gasteiger partial charge in [0.05, 0.1) is 25.4 Å². The first kappa shape index (κ1) is 19.7. The van der Waals surface area contributed by atoms with Crippen LogP contribution in [-0.2, 0) is 25.3 Å². The van der Waals surface area contributed by atoms with Crippen LogP contribution in [0.2, 0.25) is 18.1 Å². The first-order valence-corrected chi connectivity index (χ1v) is 12.5. The highest BCUT2D eigenvalue weighted by molar-refractivity contribution is 6.74. The van der Waals surface area contributed by atoms with E-state index in [1.54, 1.807) is 0 Å². The number of hydrogen-bond donors (Lipinski definition) is 0. The summed E-state index contributed by atoms with van der Waals surface area (Å²) in [5.41, 5.74) is 0.160. The summed E-state index contributed by atoms with van der Waals surface area (Å²) in [6.45, 7) is 13.8. The van der Waals surface area contributed by atoms with E-state index in [0.29, 0.717) is 6.61 Å². The van der Waals surface area contributed by atoms with Gasteiger partial charge in [0.15, 0.2) is 19.7 Å². The Hall–Kier alpha value is -1.01. The molecule has 4 nitrogen and oxygen atoms in total. The van der Waals surface area contributed by atoms with Gasteiger partial charge < -0.3 is 13.9 Å². The molecule has 1 aromatic rings. The van der Waals surface area contributed by atoms with Crippen molar-refractivity contribution in [1.82, 2.24) is 0 Å². The minimum absolute atomic E-state index is 0.0439. The smallest absolute Gasteiger partial charge is 0.192 e. The summed E-state index contributed by atoms with van der Waals surface area (Å²) in [5.74, 6) is 0.0695. The van der Waals surface area contributed by atoms with E-state index >= 15 is 0 Å². The third-order valence-corrected chi connectivity index (χ3v) is 10.9. The Morgan fingerprint density at radius 2 is 1.88 bits per heavy atom. The molecule has 144 valence electrons. The summed E-state index contributed by atoms with van der Waals surface area (Å²) < 4.78 is 18.8. The molecule has 0 N–H and O–H groups in total. The lowest BCUT2D eigenvalue weighted by Crippen LogP contribution is -2.57. The van der Waals surface area contributed by atoms with E-state index in [0.717, 1.165) is 12.0 Å². The van der Waals surface area contributed by atoms with Crippen molar-refractivity contribution in [3.63, 3.8) is 0 Å². The fourth-order valence-corrected chi connectivity index (χ4v) is 4.99. The number of carbonyl (C=O) groups excluding carboxylic acids is 1. The number of ether oxygens (including phenoxy) is 2. The molecule has 2 fully saturated rings. The van der Waals surface area contributed by atoms with Crippen LogP contribution < -0.4 is 0 Å². The first-order chi connectivity index (χ1) is 12.1. The van der Waals surface area contributed by atoms with Gasteiger partial charge in [0.2, 0.25) is 0 Å². The van der Waals surface area contributed by atoms with Crippen LogP contribution in [0.25, 0.3) is 0 Å². The Labute approximate surface area is 158 Å². The van der Waals surface area contributed by atoms with Gasteiger partial charge in [0, 0.05) is 12.3 Å². The maximum Gasteiger partial charge on any atom is 0.192 e. The average Bonchev–Trinajstić information content (AvgIpc) is 3.02. The van der Waals surface area contributed by atoms with Crippen molar-refractivity contribution in [3.8, 4) is 0 Å². The number of hydrogen-bond acceptors (Lipinski definition) is 4. The highest BCUT2D eigenvalue weighted by Crippen LogP contribution is 2.49. The minimum atomic E-state index is -2.00. The second kappa shape index (κ2) is 6.86. The monoisotopic (exact) mass is 376 g/mol. The van der Waals surface area contributed by atoms with E-state index in [4.69, 9.17) is 13.9 Å². The van der Waals surface area contributed by atoms with Crippen molar-refractivity contribution in [1.29, 1.82) is 0 Å². The summed E-state index contributed by atoms with van der Waals surface area (Å²) in [7, 11) is -2.00. The zero-order valence-electron chi connectivity index (χ0n) is 16.9. The second-order valence-corrected chi connectivity index (χ2v) is 14.0. The van der Waals surface area contributed by atoms with Gasteiger partial charge in [-0.25, -0.2) is 0 Å². The zero-order chi connectivity index (χ0) is 19.2. The van der Waals surface area contributed by atoms with E-state index in [9.17, 15) is 4.79 Å². The predicted molar refractivity (Wildman–Crippen MR) is 105 cm³/mol. The van der Waals surface area contributed by atoms with Crippen molar-refractivity contribution < 1.29 is 18.7 Å². The lowest BCUT2D eigenvalue weighted by Gasteiger charge is -2.42. The molecule has 1 aromatic carbocycles. The van der Waals surface area contributed by atoms with Gasteiger partial charge in [-0.3, -0.25) is 4.79 Å². The van der Waals surface area contributed by atoms with Crippen LogP contribution in [-0.4, -0.2) is 38.5 Å². The van der Waals surface area contributed by atoms with E-state index in [-0.39, 0.29) is 35.6 Å². The van der Waals surface area contributed by atoms with Crippen molar-refractivity contribution in [2.75, 3.05) is 6.61 Å². The molecule has 0 spiro atoms. The Morgan fingerprint density at radius 1 is 1.23 bits per heavy atom. The van der Waals surface area contributed by atoms with Crippen LogP contribution in [0.5, 0.6) is 0 Å². The summed E-state index contributed by atoms with van der Waals surface area (Å²) in [6, 6.07) is 10.0. The molecular formula is C21H32O4Si. The normalized spacial score (nSPS) is 31.6. The topological polar surface area (TPSA) is 44.8 Å². The molecule has 0 unspecified atom stereocenters. The summed E-state index contributed by atoms with van der Waals surface area (Å²) in [6.07, 6.45) is 0.541. The lowest BCUT2D eigenvalue weighted by molar-refractivity contribution is -0.148. The number of benzene rings is 1. The number of rotatable bonds is 6. The van der Waals surface area contributed by atoms with Gasteiger partial charge in [-0.05, 0) is 23.7 Å². The molecule has 26 heavy (non-hydrogen) atoms. The van der Waals surface area contributed by atoms with Gasteiger partial charge in [-0.2, -0.15) is 0 Å². The van der Waals surface area contributed by atoms with Crippen molar-refractivity contribution >= 4 is 14.1 Å². The SMILES string of the molecule is C[C@H]1C(=O)[C@@]2(COCc3ccccc3)O[C@H]1C[C@H]2O[Si](C)(C)C(C)(C)C. The molecule has 4 atom stereocenters. The summed E-state index contributed by atoms with van der Waals surface area (Å²) in [5, 5.41) is 0.0928. The van der Waals surface area contributed by atoms with Gasteiger partial charge in [-0.1, -0.05) is 58.0 Å². The van der Waals surface area contributed by atoms with Crippen LogP contribution in [0.1, 0.15) is 39.7 Å². The molecule has 0 aromatic heterocycles. The number of carbonyl (C=O) groups is 1. The zero-order valence-corrected chi connectivity index (χ0v) is 17.9. The molecule has 2 saturated heterocycles. The Morgan fingerprint density at radius 3 is 2.46 bits per heavy atom. The standard InChI is InChI=1S/C21H32O4Si/c1-15-17-12-18(25-26(5,6)20(2,3)4)21(24-17,19(15)22)14-23-13-16-10-8-7-9-11-16/h7-11,15,17-18H,12-14H2,1-6H3/t15-,17+,18-,21+/m1/s1. The number of fused-ring (bicyclic) bond motifs is 2. The molecule has 2 aliphatic heterocycles. The predicted octanol–water partition coefficient (Wildman–Crippen LogP) is 4.34. The molecule has 0 amide bonds. The maximum absolute atomic E-state index is 13.0. The van der Waals surface area contributed by atoms with Crippen molar-refractivity contribution in [2.24, 2.45) is 5.92 Å². The molecular weight excluding hydrogens is 344 g/mol. The van der Waals surface area contributed by atoms with Crippen LogP contribution in [0, 0.1) is 5.92 Å². The van der Waals surface area contributed by atoms with Gasteiger partial charge >= 0.3 is 0 Å². The maximum atomic E-state index is 13.0. The van der Waals surface area contributed by atoms with Crippen LogP contribution in [0.4, 0.5) is 0 Å². The average molecular weight is 377 g/mol. The van der Waals surface area contributed by atoms with E-state index in [1.807, 2.05) is 37.3 Å². The molecule has 0 radical (unpaired) electrons. The van der Waals surface area contributed by atoms with E-state index < -0.39 is 13.9 Å². The van der Waals surface area contributed by atoms with Crippen LogP contribution in [0.15, 0.2) is 30.3 Å². The molecule has 0 saturated carbocycles. The largest absolute Gasteiger partial charge is 0.410 e. The highest BCUT2D eigenvalue weighted by atomic mass is 28.4. The fourth-order valence-electron chi connectivity index (χ4n) is 3.64. The molecule has 5 heteroatoms. The third kappa shape index (κ3) is 3.42. The number of Topliss-reactive ketones (excluding diaryl/α,β-unsaturated/α-hetero) is 1. The molecule has 2 bridgehead atoms. The third-order valence-electron chi connectivity index (χ3n) is 6.39. The fraction of sp³-hybridized carbons (Fsp3) is 0.667. The van der Waals surface area contributed by atoms with E-state index in [2.05, 4.69) is 33.9 Å². The first-order valence-electron chi connectivity index (χ1n) is 9.58. The molecule has 2 aliphatic rings. The summed E-state index contributed by atoms with van der Waals surface area (Å²) >= 11 is 0. The van der Waals surface area contributed by atoms with Crippen molar-refractivity contribution in [2.45, 2.75) is 76.7 Å². The number of ketones is 1. The van der Waals surface area contributed by atoms with Crippen LogP contribution in [0.3, 0.4) is 0 Å². The lowest BCUT2D eigenvalue weighted by atomic mass is 9.79. The molecule has 2 heterocycles. The quantitative estimate of drug-likeness (QED) is 0.693. The van der Waals surface area contributed by atoms with Crippen molar-refractivity contribution in [3.05, 3.63) is 35.9 Å².